The summed E-state index contributed by atoms with van der Waals surface area (Å²) >= 11 is 11.1. The number of carbonyl (C=O) groups is 3. The molecule has 1 aliphatic rings. The summed E-state index contributed by atoms with van der Waals surface area (Å²) in [5.41, 5.74) is 3.74. The van der Waals surface area contributed by atoms with Crippen molar-refractivity contribution in [3.8, 4) is 5.75 Å². The molecule has 0 spiro atoms. The number of aryl methyl sites for hydroxylation is 1. The van der Waals surface area contributed by atoms with Crippen LogP contribution in [0, 0.1) is 12.8 Å². The van der Waals surface area contributed by atoms with Crippen LogP contribution in [-0.4, -0.2) is 35.7 Å². The van der Waals surface area contributed by atoms with Gasteiger partial charge < -0.3 is 10.1 Å². The summed E-state index contributed by atoms with van der Waals surface area (Å²) in [6, 6.07) is 13.8. The minimum Gasteiger partial charge on any atom is -0.482 e. The lowest BCUT2D eigenvalue weighted by Gasteiger charge is -2.30. The fourth-order valence-corrected chi connectivity index (χ4v) is 3.07. The van der Waals surface area contributed by atoms with E-state index in [9.17, 15) is 14.4 Å². The van der Waals surface area contributed by atoms with Crippen LogP contribution in [0.1, 0.15) is 5.56 Å². The first-order chi connectivity index (χ1) is 14.4. The Hall–Kier alpha value is -3.30. The third-order valence-corrected chi connectivity index (χ3v) is 4.70. The molecule has 10 heteroatoms. The number of halogens is 1. The van der Waals surface area contributed by atoms with Gasteiger partial charge in [0.05, 0.1) is 10.7 Å². The maximum atomic E-state index is 12.8. The topological polar surface area (TPSA) is 100 Å². The number of ether oxygens (including phenoxy) is 1. The highest BCUT2D eigenvalue weighted by molar-refractivity contribution is 7.80. The van der Waals surface area contributed by atoms with Crippen LogP contribution in [-0.2, 0) is 14.4 Å². The number of para-hydroxylation sites is 1. The summed E-state index contributed by atoms with van der Waals surface area (Å²) in [5, 5.41) is 6.53. The maximum absolute atomic E-state index is 12.8. The van der Waals surface area contributed by atoms with Gasteiger partial charge in [0, 0.05) is 6.21 Å². The van der Waals surface area contributed by atoms with Gasteiger partial charge in [0.15, 0.2) is 17.6 Å². The van der Waals surface area contributed by atoms with Gasteiger partial charge in [-0.3, -0.25) is 19.3 Å². The van der Waals surface area contributed by atoms with Gasteiger partial charge in [-0.1, -0.05) is 41.4 Å². The lowest BCUT2D eigenvalue weighted by atomic mass is 10.1. The second-order valence-corrected chi connectivity index (χ2v) is 7.11. The second-order valence-electron chi connectivity index (χ2n) is 6.31. The Morgan fingerprint density at radius 1 is 1.27 bits per heavy atom. The zero-order chi connectivity index (χ0) is 21.7. The molecule has 1 fully saturated rings. The van der Waals surface area contributed by atoms with Gasteiger partial charge in [0.2, 0.25) is 5.91 Å². The van der Waals surface area contributed by atoms with Crippen molar-refractivity contribution in [1.29, 1.82) is 0 Å². The summed E-state index contributed by atoms with van der Waals surface area (Å²) in [6.07, 6.45) is 1.05. The Morgan fingerprint density at radius 3 is 2.67 bits per heavy atom. The Labute approximate surface area is 182 Å². The molecule has 3 amide bonds. The summed E-state index contributed by atoms with van der Waals surface area (Å²) in [4.78, 5) is 38.1. The van der Waals surface area contributed by atoms with Crippen molar-refractivity contribution in [3.05, 3.63) is 59.1 Å². The lowest BCUT2D eigenvalue weighted by molar-refractivity contribution is -0.130. The van der Waals surface area contributed by atoms with E-state index in [4.69, 9.17) is 28.6 Å². The monoisotopic (exact) mass is 444 g/mol. The first-order valence-electron chi connectivity index (χ1n) is 8.81. The van der Waals surface area contributed by atoms with Gasteiger partial charge in [-0.05, 0) is 43.4 Å². The number of hydrogen-bond donors (Lipinski definition) is 2. The second kappa shape index (κ2) is 9.47. The molecule has 154 valence electrons. The molecule has 2 N–H and O–H groups in total. The van der Waals surface area contributed by atoms with Gasteiger partial charge in [-0.25, -0.2) is 5.43 Å². The van der Waals surface area contributed by atoms with Crippen LogP contribution in [0.2, 0.25) is 5.02 Å². The van der Waals surface area contributed by atoms with Crippen molar-refractivity contribution in [2.75, 3.05) is 11.5 Å². The summed E-state index contributed by atoms with van der Waals surface area (Å²) in [6.45, 7) is 1.57. The molecule has 2 aromatic rings. The number of anilines is 1. The molecule has 0 aromatic heterocycles. The van der Waals surface area contributed by atoms with E-state index in [1.807, 2.05) is 19.1 Å². The van der Waals surface area contributed by atoms with Gasteiger partial charge in [0.25, 0.3) is 11.8 Å². The number of amides is 3. The Morgan fingerprint density at radius 2 is 1.97 bits per heavy atom. The van der Waals surface area contributed by atoms with E-state index in [0.717, 1.165) is 11.8 Å². The highest BCUT2D eigenvalue weighted by Crippen LogP contribution is 2.23. The molecule has 1 aliphatic heterocycles. The molecule has 30 heavy (non-hydrogen) atoms. The zero-order valence-electron chi connectivity index (χ0n) is 15.8. The number of nitrogens with one attached hydrogen (secondary N) is 2. The minimum atomic E-state index is -1.25. The molecular weight excluding hydrogens is 428 g/mol. The van der Waals surface area contributed by atoms with Gasteiger partial charge >= 0.3 is 0 Å². The van der Waals surface area contributed by atoms with Crippen LogP contribution in [0.25, 0.3) is 0 Å². The van der Waals surface area contributed by atoms with Crippen LogP contribution in [0.3, 0.4) is 0 Å². The SMILES string of the molecule is Cc1ccc(N2C(=O)[C@H](/C=N\NC(=O)COc3ccccc3Cl)C(=O)NC2=S)cc1. The molecule has 0 bridgehead atoms. The average molecular weight is 445 g/mol. The van der Waals surface area contributed by atoms with E-state index < -0.39 is 23.6 Å². The molecular formula is C20H17ClN4O4S. The van der Waals surface area contributed by atoms with Crippen LogP contribution in [0.4, 0.5) is 5.69 Å². The van der Waals surface area contributed by atoms with Crippen molar-refractivity contribution in [2.24, 2.45) is 11.0 Å². The quantitative estimate of drug-likeness (QED) is 0.308. The Kier molecular flexibility index (Phi) is 6.76. The van der Waals surface area contributed by atoms with Gasteiger partial charge in [-0.2, -0.15) is 5.10 Å². The largest absolute Gasteiger partial charge is 0.482 e. The third kappa shape index (κ3) is 5.00. The predicted molar refractivity (Wildman–Crippen MR) is 116 cm³/mol. The van der Waals surface area contributed by atoms with Gasteiger partial charge in [0.1, 0.15) is 5.75 Å². The molecule has 3 rings (SSSR count). The van der Waals surface area contributed by atoms with E-state index >= 15 is 0 Å². The number of carbonyl (C=O) groups excluding carboxylic acids is 3. The first-order valence-corrected chi connectivity index (χ1v) is 9.60. The smallest absolute Gasteiger partial charge is 0.277 e. The van der Waals surface area contributed by atoms with Crippen molar-refractivity contribution in [1.82, 2.24) is 10.7 Å². The van der Waals surface area contributed by atoms with E-state index in [1.165, 1.54) is 4.90 Å². The van der Waals surface area contributed by atoms with Gasteiger partial charge in [-0.15, -0.1) is 0 Å². The Bertz CT molecular complexity index is 1030. The van der Waals surface area contributed by atoms with E-state index in [2.05, 4.69) is 15.8 Å². The molecule has 2 aromatic carbocycles. The van der Waals surface area contributed by atoms with E-state index in [0.29, 0.717) is 16.5 Å². The maximum Gasteiger partial charge on any atom is 0.277 e. The minimum absolute atomic E-state index is 0.0179. The van der Waals surface area contributed by atoms with Crippen LogP contribution >= 0.6 is 23.8 Å². The number of nitrogens with zero attached hydrogens (tertiary/aromatic N) is 2. The average Bonchev–Trinajstić information content (AvgIpc) is 2.71. The standard InChI is InChI=1S/C20H17ClN4O4S/c1-12-6-8-13(9-7-12)25-19(28)14(18(27)23-20(25)30)10-22-24-17(26)11-29-16-5-3-2-4-15(16)21/h2-10,14H,11H2,1H3,(H,24,26)(H,23,27,30)/b22-10-/t14-/m1/s1. The fraction of sp³-hybridized carbons (Fsp3) is 0.150. The molecule has 0 radical (unpaired) electrons. The van der Waals surface area contributed by atoms with Crippen LogP contribution in [0.5, 0.6) is 5.75 Å². The molecule has 8 nitrogen and oxygen atoms in total. The summed E-state index contributed by atoms with van der Waals surface area (Å²) in [7, 11) is 0. The molecule has 1 heterocycles. The molecule has 1 atom stereocenters. The lowest BCUT2D eigenvalue weighted by Crippen LogP contribution is -2.58. The fourth-order valence-electron chi connectivity index (χ4n) is 2.58. The van der Waals surface area contributed by atoms with Crippen molar-refractivity contribution >= 4 is 58.6 Å². The summed E-state index contributed by atoms with van der Waals surface area (Å²) in [5.74, 6) is -2.68. The number of benzene rings is 2. The highest BCUT2D eigenvalue weighted by atomic mass is 35.5. The molecule has 0 unspecified atom stereocenters. The predicted octanol–water partition coefficient (Wildman–Crippen LogP) is 2.19. The number of rotatable bonds is 6. The summed E-state index contributed by atoms with van der Waals surface area (Å²) < 4.78 is 5.29. The molecule has 1 saturated heterocycles. The van der Waals surface area contributed by atoms with Crippen LogP contribution in [0.15, 0.2) is 53.6 Å². The molecule has 0 saturated carbocycles. The van der Waals surface area contributed by atoms with Crippen molar-refractivity contribution < 1.29 is 19.1 Å². The number of thiocarbonyl (C=S) groups is 1. The highest BCUT2D eigenvalue weighted by Gasteiger charge is 2.38. The van der Waals surface area contributed by atoms with Crippen molar-refractivity contribution in [2.45, 2.75) is 6.92 Å². The Balaban J connectivity index is 1.62. The number of hydrogen-bond acceptors (Lipinski definition) is 6. The van der Waals surface area contributed by atoms with Crippen molar-refractivity contribution in [3.63, 3.8) is 0 Å². The van der Waals surface area contributed by atoms with E-state index in [-0.39, 0.29) is 11.7 Å². The normalized spacial score (nSPS) is 16.5. The zero-order valence-corrected chi connectivity index (χ0v) is 17.4. The molecule has 0 aliphatic carbocycles. The van der Waals surface area contributed by atoms with Crippen LogP contribution < -0.4 is 20.4 Å². The first kappa shape index (κ1) is 21.4. The third-order valence-electron chi connectivity index (χ3n) is 4.10. The number of hydrazone groups is 1. The van der Waals surface area contributed by atoms with E-state index in [1.54, 1.807) is 36.4 Å².